The van der Waals surface area contributed by atoms with Crippen LogP contribution in [-0.4, -0.2) is 10.1 Å². The fourth-order valence-electron chi connectivity index (χ4n) is 2.00. The normalized spacial score (nSPS) is 16.1. The predicted octanol–water partition coefficient (Wildman–Crippen LogP) is 3.17. The fourth-order valence-corrected chi connectivity index (χ4v) is 2.38. The predicted molar refractivity (Wildman–Crippen MR) is 79.7 cm³/mol. The molecule has 20 heavy (non-hydrogen) atoms. The molecule has 0 bridgehead atoms. The topological polar surface area (TPSA) is 74.2 Å². The maximum absolute atomic E-state index is 6.13. The molecule has 0 aliphatic heterocycles. The van der Waals surface area contributed by atoms with Gasteiger partial charge in [0.2, 0.25) is 0 Å². The molecule has 2 aromatic rings. The lowest BCUT2D eigenvalue weighted by Gasteiger charge is -2.34. The van der Waals surface area contributed by atoms with E-state index in [-0.39, 0.29) is 19.0 Å². The third-order valence-corrected chi connectivity index (χ3v) is 3.81. The van der Waals surface area contributed by atoms with Crippen molar-refractivity contribution in [3.05, 3.63) is 40.5 Å². The van der Waals surface area contributed by atoms with Crippen LogP contribution >= 0.6 is 28.3 Å². The summed E-state index contributed by atoms with van der Waals surface area (Å²) in [6.45, 7) is 0.250. The molecule has 0 amide bonds. The van der Waals surface area contributed by atoms with E-state index in [1.807, 2.05) is 24.3 Å². The van der Waals surface area contributed by atoms with Crippen molar-refractivity contribution in [1.29, 1.82) is 0 Å². The monoisotopic (exact) mass is 359 g/mol. The van der Waals surface area contributed by atoms with E-state index in [0.717, 1.165) is 29.5 Å². The number of ether oxygens (including phenoxy) is 1. The average molecular weight is 361 g/mol. The Hall–Kier alpha value is -1.11. The Balaban J connectivity index is 0.00000147. The molecule has 5 nitrogen and oxygen atoms in total. The van der Waals surface area contributed by atoms with Gasteiger partial charge in [0.1, 0.15) is 5.75 Å². The van der Waals surface area contributed by atoms with Gasteiger partial charge in [0.05, 0.1) is 5.54 Å². The largest absolute Gasteiger partial charge is 0.484 e. The number of halogens is 2. The summed E-state index contributed by atoms with van der Waals surface area (Å²) in [6, 6.07) is 7.60. The van der Waals surface area contributed by atoms with E-state index in [2.05, 4.69) is 26.1 Å². The van der Waals surface area contributed by atoms with Crippen LogP contribution < -0.4 is 10.5 Å². The summed E-state index contributed by atoms with van der Waals surface area (Å²) in [5.41, 5.74) is 5.74. The molecule has 0 unspecified atom stereocenters. The highest BCUT2D eigenvalue weighted by Gasteiger charge is 2.38. The van der Waals surface area contributed by atoms with Crippen molar-refractivity contribution in [1.82, 2.24) is 10.1 Å². The summed E-state index contributed by atoms with van der Waals surface area (Å²) in [7, 11) is 0. The Kier molecular flexibility index (Phi) is 4.67. The van der Waals surface area contributed by atoms with Gasteiger partial charge in [-0.1, -0.05) is 27.2 Å². The van der Waals surface area contributed by atoms with Crippen molar-refractivity contribution in [2.24, 2.45) is 5.73 Å². The third-order valence-electron chi connectivity index (χ3n) is 3.32. The zero-order valence-electron chi connectivity index (χ0n) is 10.7. The van der Waals surface area contributed by atoms with Crippen LogP contribution in [0.2, 0.25) is 0 Å². The van der Waals surface area contributed by atoms with Crippen molar-refractivity contribution in [2.75, 3.05) is 0 Å². The molecule has 1 aromatic heterocycles. The van der Waals surface area contributed by atoms with Gasteiger partial charge >= 0.3 is 0 Å². The van der Waals surface area contributed by atoms with Gasteiger partial charge in [0.25, 0.3) is 5.89 Å². The summed E-state index contributed by atoms with van der Waals surface area (Å²) in [5.74, 6) is 1.79. The maximum atomic E-state index is 6.13. The van der Waals surface area contributed by atoms with Crippen LogP contribution in [0.5, 0.6) is 5.75 Å². The zero-order valence-corrected chi connectivity index (χ0v) is 13.1. The van der Waals surface area contributed by atoms with Crippen molar-refractivity contribution >= 4 is 28.3 Å². The fraction of sp³-hybridized carbons (Fsp3) is 0.385. The third kappa shape index (κ3) is 3.13. The second-order valence-electron chi connectivity index (χ2n) is 4.77. The second-order valence-corrected chi connectivity index (χ2v) is 5.68. The molecule has 0 saturated heterocycles. The van der Waals surface area contributed by atoms with E-state index in [1.165, 1.54) is 0 Å². The number of benzene rings is 1. The number of hydrogen-bond acceptors (Lipinski definition) is 5. The first-order chi connectivity index (χ1) is 9.16. The Labute approximate surface area is 131 Å². The SMILES string of the molecule is Cl.NC1(c2noc(COc3cccc(Br)c3)n2)CCC1. The van der Waals surface area contributed by atoms with Crippen LogP contribution in [0.25, 0.3) is 0 Å². The standard InChI is InChI=1S/C13H14BrN3O2.ClH/c14-9-3-1-4-10(7-9)18-8-11-16-12(17-19-11)13(15)5-2-6-13;/h1,3-4,7H,2,5-6,8,15H2;1H. The molecule has 2 N–H and O–H groups in total. The molecule has 1 aliphatic rings. The highest BCUT2D eigenvalue weighted by Crippen LogP contribution is 2.36. The van der Waals surface area contributed by atoms with Crippen molar-refractivity contribution in [3.8, 4) is 5.75 Å². The molecule has 1 fully saturated rings. The Morgan fingerprint density at radius 3 is 2.85 bits per heavy atom. The summed E-state index contributed by atoms with van der Waals surface area (Å²) >= 11 is 3.39. The Bertz CT molecular complexity index is 587. The number of rotatable bonds is 4. The van der Waals surface area contributed by atoms with Crippen LogP contribution in [-0.2, 0) is 12.1 Å². The lowest BCUT2D eigenvalue weighted by atomic mass is 9.77. The molecule has 1 saturated carbocycles. The molecule has 1 heterocycles. The molecule has 0 spiro atoms. The van der Waals surface area contributed by atoms with E-state index in [4.69, 9.17) is 15.0 Å². The minimum atomic E-state index is -0.391. The van der Waals surface area contributed by atoms with Gasteiger partial charge in [0, 0.05) is 4.47 Å². The first-order valence-corrected chi connectivity index (χ1v) is 6.95. The summed E-state index contributed by atoms with van der Waals surface area (Å²) in [4.78, 5) is 4.30. The molecule has 0 radical (unpaired) electrons. The van der Waals surface area contributed by atoms with E-state index in [0.29, 0.717) is 11.7 Å². The molecular weight excluding hydrogens is 346 g/mol. The molecule has 108 valence electrons. The lowest BCUT2D eigenvalue weighted by molar-refractivity contribution is 0.223. The highest BCUT2D eigenvalue weighted by atomic mass is 79.9. The smallest absolute Gasteiger partial charge is 0.264 e. The number of hydrogen-bond donors (Lipinski definition) is 1. The maximum Gasteiger partial charge on any atom is 0.264 e. The summed E-state index contributed by atoms with van der Waals surface area (Å²) < 4.78 is 11.7. The van der Waals surface area contributed by atoms with Crippen LogP contribution in [0.4, 0.5) is 0 Å². The minimum Gasteiger partial charge on any atom is -0.484 e. The first kappa shape index (κ1) is 15.3. The van der Waals surface area contributed by atoms with Gasteiger partial charge in [-0.05, 0) is 37.5 Å². The van der Waals surface area contributed by atoms with Crippen molar-refractivity contribution in [2.45, 2.75) is 31.4 Å². The van der Waals surface area contributed by atoms with Crippen LogP contribution in [0.15, 0.2) is 33.3 Å². The van der Waals surface area contributed by atoms with Crippen LogP contribution in [0.1, 0.15) is 31.0 Å². The lowest BCUT2D eigenvalue weighted by Crippen LogP contribution is -2.44. The molecule has 1 aromatic carbocycles. The second kappa shape index (κ2) is 6.11. The van der Waals surface area contributed by atoms with Crippen LogP contribution in [0.3, 0.4) is 0 Å². The van der Waals surface area contributed by atoms with E-state index in [1.54, 1.807) is 0 Å². The molecule has 0 atom stereocenters. The van der Waals surface area contributed by atoms with Crippen molar-refractivity contribution < 1.29 is 9.26 Å². The number of nitrogens with zero attached hydrogens (tertiary/aromatic N) is 2. The van der Waals surface area contributed by atoms with Gasteiger partial charge in [-0.3, -0.25) is 0 Å². The quantitative estimate of drug-likeness (QED) is 0.906. The summed E-state index contributed by atoms with van der Waals surface area (Å²) in [5, 5.41) is 3.94. The van der Waals surface area contributed by atoms with E-state index >= 15 is 0 Å². The molecule has 7 heteroatoms. The molecule has 3 rings (SSSR count). The highest BCUT2D eigenvalue weighted by molar-refractivity contribution is 9.10. The van der Waals surface area contributed by atoms with E-state index < -0.39 is 5.54 Å². The molecule has 1 aliphatic carbocycles. The van der Waals surface area contributed by atoms with E-state index in [9.17, 15) is 0 Å². The minimum absolute atomic E-state index is 0. The van der Waals surface area contributed by atoms with Gasteiger partial charge in [-0.15, -0.1) is 12.4 Å². The average Bonchev–Trinajstić information content (AvgIpc) is 2.83. The van der Waals surface area contributed by atoms with Gasteiger partial charge in [0.15, 0.2) is 12.4 Å². The Morgan fingerprint density at radius 2 is 2.20 bits per heavy atom. The van der Waals surface area contributed by atoms with Gasteiger partial charge < -0.3 is 15.0 Å². The molecular formula is C13H15BrClN3O2. The number of aromatic nitrogens is 2. The van der Waals surface area contributed by atoms with Gasteiger partial charge in [-0.25, -0.2) is 0 Å². The van der Waals surface area contributed by atoms with Crippen molar-refractivity contribution in [3.63, 3.8) is 0 Å². The van der Waals surface area contributed by atoms with Gasteiger partial charge in [-0.2, -0.15) is 4.98 Å². The number of nitrogens with two attached hydrogens (primary N) is 1. The zero-order chi connectivity index (χ0) is 13.3. The first-order valence-electron chi connectivity index (χ1n) is 6.16. The Morgan fingerprint density at radius 1 is 1.40 bits per heavy atom. The van der Waals surface area contributed by atoms with Crippen LogP contribution in [0, 0.1) is 0 Å². The summed E-state index contributed by atoms with van der Waals surface area (Å²) in [6.07, 6.45) is 2.95.